The molecule has 0 unspecified atom stereocenters. The highest BCUT2D eigenvalue weighted by atomic mass is 16.3. The van der Waals surface area contributed by atoms with Crippen molar-refractivity contribution in [3.63, 3.8) is 0 Å². The number of aliphatic hydroxyl groups is 2. The Labute approximate surface area is 105 Å². The van der Waals surface area contributed by atoms with Gasteiger partial charge < -0.3 is 10.2 Å². The molecule has 2 nitrogen and oxygen atoms in total. The first-order valence-electron chi connectivity index (χ1n) is 6.82. The van der Waals surface area contributed by atoms with E-state index in [1.165, 1.54) is 11.1 Å². The van der Waals surface area contributed by atoms with E-state index < -0.39 is 0 Å². The van der Waals surface area contributed by atoms with E-state index in [0.29, 0.717) is 5.92 Å². The monoisotopic (exact) mass is 238 g/mol. The topological polar surface area (TPSA) is 40.5 Å². The summed E-state index contributed by atoms with van der Waals surface area (Å²) in [6.07, 6.45) is 3.90. The molecule has 0 amide bonds. The van der Waals surface area contributed by atoms with Gasteiger partial charge in [0.15, 0.2) is 0 Å². The second kappa shape index (κ2) is 4.10. The van der Waals surface area contributed by atoms with Crippen LogP contribution in [0.25, 0.3) is 0 Å². The van der Waals surface area contributed by atoms with Gasteiger partial charge in [-0.1, -0.05) is 26.3 Å². The lowest BCUT2D eigenvalue weighted by Gasteiger charge is -2.56. The highest BCUT2D eigenvalue weighted by Gasteiger charge is 2.53. The molecule has 2 rings (SSSR count). The van der Waals surface area contributed by atoms with E-state index in [1.54, 1.807) is 0 Å². The normalized spacial score (nSPS) is 41.3. The summed E-state index contributed by atoms with van der Waals surface area (Å²) in [6, 6.07) is 0. The van der Waals surface area contributed by atoms with Crippen molar-refractivity contribution in [2.75, 3.05) is 6.61 Å². The van der Waals surface area contributed by atoms with Gasteiger partial charge in [0.1, 0.15) is 0 Å². The van der Waals surface area contributed by atoms with Crippen LogP contribution < -0.4 is 0 Å². The molecule has 0 radical (unpaired) electrons. The van der Waals surface area contributed by atoms with Crippen LogP contribution in [0.3, 0.4) is 0 Å². The van der Waals surface area contributed by atoms with Crippen molar-refractivity contribution in [2.24, 2.45) is 16.7 Å². The number of rotatable bonds is 1. The third kappa shape index (κ3) is 1.77. The smallest absolute Gasteiger partial charge is 0.0649 e. The largest absolute Gasteiger partial charge is 0.393 e. The fourth-order valence-corrected chi connectivity index (χ4v) is 4.40. The molecule has 2 heteroatoms. The number of hydrogen-bond donors (Lipinski definition) is 2. The van der Waals surface area contributed by atoms with E-state index in [4.69, 9.17) is 0 Å². The molecule has 1 fully saturated rings. The second-order valence-electron chi connectivity index (χ2n) is 6.80. The minimum Gasteiger partial charge on any atom is -0.393 e. The van der Waals surface area contributed by atoms with Crippen molar-refractivity contribution >= 4 is 0 Å². The predicted molar refractivity (Wildman–Crippen MR) is 69.6 cm³/mol. The third-order valence-corrected chi connectivity index (χ3v) is 5.63. The first kappa shape index (κ1) is 13.1. The molecule has 3 atom stereocenters. The Morgan fingerprint density at radius 2 is 1.88 bits per heavy atom. The molecule has 2 aliphatic rings. The summed E-state index contributed by atoms with van der Waals surface area (Å²) < 4.78 is 0. The molecule has 98 valence electrons. The van der Waals surface area contributed by atoms with Crippen LogP contribution >= 0.6 is 0 Å². The Balaban J connectivity index is 2.44. The summed E-state index contributed by atoms with van der Waals surface area (Å²) in [5, 5.41) is 19.9. The lowest BCUT2D eigenvalue weighted by Crippen LogP contribution is -2.52. The Bertz CT molecular complexity index is 343. The summed E-state index contributed by atoms with van der Waals surface area (Å²) in [7, 11) is 0. The van der Waals surface area contributed by atoms with Gasteiger partial charge in [-0.3, -0.25) is 0 Å². The van der Waals surface area contributed by atoms with E-state index in [2.05, 4.69) is 27.7 Å². The van der Waals surface area contributed by atoms with Crippen LogP contribution in [0.1, 0.15) is 53.4 Å². The van der Waals surface area contributed by atoms with Crippen LogP contribution in [-0.2, 0) is 0 Å². The van der Waals surface area contributed by atoms with E-state index in [-0.39, 0.29) is 23.5 Å². The molecule has 0 aromatic rings. The third-order valence-electron chi connectivity index (χ3n) is 5.63. The SMILES string of the molecule is CC1=C(CO)[C@@]2(C)CC[C@@H](O)C(C)(C)[C@@H]2CC1. The summed E-state index contributed by atoms with van der Waals surface area (Å²) in [5.74, 6) is 0.490. The van der Waals surface area contributed by atoms with Crippen LogP contribution in [0.2, 0.25) is 0 Å². The van der Waals surface area contributed by atoms with Crippen molar-refractivity contribution in [3.05, 3.63) is 11.1 Å². The maximum Gasteiger partial charge on any atom is 0.0649 e. The van der Waals surface area contributed by atoms with Gasteiger partial charge in [-0.15, -0.1) is 0 Å². The molecule has 17 heavy (non-hydrogen) atoms. The molecule has 0 saturated heterocycles. The summed E-state index contributed by atoms with van der Waals surface area (Å²) in [5.41, 5.74) is 2.68. The van der Waals surface area contributed by atoms with Crippen LogP contribution in [0, 0.1) is 16.7 Å². The Kier molecular flexibility index (Phi) is 3.16. The highest BCUT2D eigenvalue weighted by molar-refractivity contribution is 5.28. The quantitative estimate of drug-likeness (QED) is 0.690. The van der Waals surface area contributed by atoms with Crippen LogP contribution in [-0.4, -0.2) is 22.9 Å². The van der Waals surface area contributed by atoms with Crippen molar-refractivity contribution < 1.29 is 10.2 Å². The van der Waals surface area contributed by atoms with Gasteiger partial charge in [-0.05, 0) is 54.9 Å². The lowest BCUT2D eigenvalue weighted by atomic mass is 9.49. The van der Waals surface area contributed by atoms with Crippen molar-refractivity contribution in [2.45, 2.75) is 59.5 Å². The van der Waals surface area contributed by atoms with Gasteiger partial charge in [0.2, 0.25) is 0 Å². The zero-order valence-corrected chi connectivity index (χ0v) is 11.6. The molecule has 0 aromatic carbocycles. The second-order valence-corrected chi connectivity index (χ2v) is 6.80. The maximum absolute atomic E-state index is 10.2. The molecule has 2 aliphatic carbocycles. The van der Waals surface area contributed by atoms with Crippen molar-refractivity contribution in [3.8, 4) is 0 Å². The van der Waals surface area contributed by atoms with Crippen molar-refractivity contribution in [1.82, 2.24) is 0 Å². The maximum atomic E-state index is 10.2. The molecule has 1 saturated carbocycles. The van der Waals surface area contributed by atoms with Gasteiger partial charge in [-0.25, -0.2) is 0 Å². The van der Waals surface area contributed by atoms with Gasteiger partial charge in [0, 0.05) is 0 Å². The molecule has 0 bridgehead atoms. The molecular weight excluding hydrogens is 212 g/mol. The average molecular weight is 238 g/mol. The summed E-state index contributed by atoms with van der Waals surface area (Å²) in [4.78, 5) is 0. The van der Waals surface area contributed by atoms with Gasteiger partial charge in [-0.2, -0.15) is 0 Å². The standard InChI is InChI=1S/C15H26O2/c1-10-5-6-12-14(2,3)13(17)7-8-15(12,4)11(10)9-16/h12-13,16-17H,5-9H2,1-4H3/t12-,13+,15+/m0/s1. The molecule has 0 heterocycles. The van der Waals surface area contributed by atoms with Gasteiger partial charge in [0.25, 0.3) is 0 Å². The lowest BCUT2D eigenvalue weighted by molar-refractivity contribution is -0.0908. The summed E-state index contributed by atoms with van der Waals surface area (Å²) >= 11 is 0. The molecule has 0 spiro atoms. The number of aliphatic hydroxyl groups excluding tert-OH is 2. The highest BCUT2D eigenvalue weighted by Crippen LogP contribution is 2.59. The number of allylic oxidation sites excluding steroid dienone is 1. The van der Waals surface area contributed by atoms with E-state index in [9.17, 15) is 10.2 Å². The van der Waals surface area contributed by atoms with Gasteiger partial charge >= 0.3 is 0 Å². The fourth-order valence-electron chi connectivity index (χ4n) is 4.40. The number of hydrogen-bond acceptors (Lipinski definition) is 2. The van der Waals surface area contributed by atoms with E-state index in [1.807, 2.05) is 0 Å². The summed E-state index contributed by atoms with van der Waals surface area (Å²) in [6.45, 7) is 9.01. The Hall–Kier alpha value is -0.340. The van der Waals surface area contributed by atoms with Crippen molar-refractivity contribution in [1.29, 1.82) is 0 Å². The predicted octanol–water partition coefficient (Wildman–Crippen LogP) is 2.89. The Morgan fingerprint density at radius 1 is 1.24 bits per heavy atom. The Morgan fingerprint density at radius 3 is 2.47 bits per heavy atom. The molecule has 2 N–H and O–H groups in total. The number of fused-ring (bicyclic) bond motifs is 1. The van der Waals surface area contributed by atoms with E-state index >= 15 is 0 Å². The minimum atomic E-state index is -0.195. The first-order valence-corrected chi connectivity index (χ1v) is 6.82. The van der Waals surface area contributed by atoms with Crippen LogP contribution in [0.15, 0.2) is 11.1 Å². The zero-order valence-electron chi connectivity index (χ0n) is 11.6. The average Bonchev–Trinajstić information content (AvgIpc) is 2.24. The van der Waals surface area contributed by atoms with Crippen LogP contribution in [0.5, 0.6) is 0 Å². The first-order chi connectivity index (χ1) is 7.84. The zero-order chi connectivity index (χ0) is 12.8. The molecular formula is C15H26O2. The fraction of sp³-hybridized carbons (Fsp3) is 0.867. The molecule has 0 aromatic heterocycles. The van der Waals surface area contributed by atoms with E-state index in [0.717, 1.165) is 25.7 Å². The van der Waals surface area contributed by atoms with Crippen LogP contribution in [0.4, 0.5) is 0 Å². The van der Waals surface area contributed by atoms with Gasteiger partial charge in [0.05, 0.1) is 12.7 Å². The minimum absolute atomic E-state index is 0.0336. The molecule has 0 aliphatic heterocycles.